The number of hydrogen-bond donors (Lipinski definition) is 5. The minimum absolute atomic E-state index is 0.403. The second-order valence-electron chi connectivity index (χ2n) is 2.43. The molecule has 0 heterocycles. The third kappa shape index (κ3) is 9.80. The minimum atomic E-state index is -4.16. The van der Waals surface area contributed by atoms with Crippen molar-refractivity contribution in [2.24, 2.45) is 5.73 Å². The monoisotopic (exact) mass is 233 g/mol. The topological polar surface area (TPSA) is 150 Å². The van der Waals surface area contributed by atoms with E-state index in [1.807, 2.05) is 0 Å². The maximum atomic E-state index is 9.33. The first-order chi connectivity index (χ1) is 6.24. The molecule has 0 aromatic rings. The fourth-order valence-corrected chi connectivity index (χ4v) is 0.150. The third-order valence-electron chi connectivity index (χ3n) is 1.16. The lowest BCUT2D eigenvalue weighted by Gasteiger charge is -2.20. The van der Waals surface area contributed by atoms with Crippen LogP contribution in [-0.4, -0.2) is 60.8 Å². The zero-order valence-corrected chi connectivity index (χ0v) is 8.44. The molecule has 6 N–H and O–H groups in total. The second kappa shape index (κ2) is 7.06. The van der Waals surface area contributed by atoms with E-state index >= 15 is 0 Å². The van der Waals surface area contributed by atoms with Crippen LogP contribution < -0.4 is 5.73 Å². The summed E-state index contributed by atoms with van der Waals surface area (Å²) in [6.45, 7) is -1.21. The normalized spacial score (nSPS) is 11.9. The van der Waals surface area contributed by atoms with Crippen LogP contribution in [0.4, 0.5) is 0 Å². The standard InChI is InChI=1S/C4H11NO3.CH4O4S/c5-4(1-6,2-7)3-8;1-5-6(2,3)4/h6-8H,1-3,5H2;1H3,(H,2,3,4). The molecule has 0 aliphatic carbocycles. The van der Waals surface area contributed by atoms with Gasteiger partial charge in [-0.2, -0.15) is 8.42 Å². The summed E-state index contributed by atoms with van der Waals surface area (Å²) < 4.78 is 29.7. The van der Waals surface area contributed by atoms with Crippen LogP contribution in [0.5, 0.6) is 0 Å². The summed E-state index contributed by atoms with van der Waals surface area (Å²) in [6.07, 6.45) is 0. The molecule has 0 saturated heterocycles. The molecule has 0 fully saturated rings. The van der Waals surface area contributed by atoms with Crippen molar-refractivity contribution < 1.29 is 32.5 Å². The maximum Gasteiger partial charge on any atom is 0.397 e. The van der Waals surface area contributed by atoms with Gasteiger partial charge in [-0.05, 0) is 0 Å². The lowest BCUT2D eigenvalue weighted by atomic mass is 10.1. The average Bonchev–Trinajstić information content (AvgIpc) is 2.16. The number of aliphatic hydroxyl groups excluding tert-OH is 3. The van der Waals surface area contributed by atoms with Gasteiger partial charge in [-0.25, -0.2) is 0 Å². The molecule has 0 bridgehead atoms. The van der Waals surface area contributed by atoms with E-state index in [4.69, 9.17) is 25.6 Å². The highest BCUT2D eigenvalue weighted by Gasteiger charge is 2.20. The van der Waals surface area contributed by atoms with Crippen LogP contribution in [0.15, 0.2) is 0 Å². The van der Waals surface area contributed by atoms with Crippen molar-refractivity contribution in [3.63, 3.8) is 0 Å². The summed E-state index contributed by atoms with van der Waals surface area (Å²) in [5.41, 5.74) is 3.94. The Hall–Kier alpha value is -0.290. The van der Waals surface area contributed by atoms with Gasteiger partial charge in [-0.15, -0.1) is 0 Å². The molecule has 0 atom stereocenters. The lowest BCUT2D eigenvalue weighted by molar-refractivity contribution is 0.0697. The highest BCUT2D eigenvalue weighted by Crippen LogP contribution is 1.93. The predicted octanol–water partition coefficient (Wildman–Crippen LogP) is -2.90. The van der Waals surface area contributed by atoms with Crippen molar-refractivity contribution >= 4 is 10.4 Å². The molecule has 8 nitrogen and oxygen atoms in total. The number of rotatable bonds is 4. The van der Waals surface area contributed by atoms with Gasteiger partial charge >= 0.3 is 10.4 Å². The largest absolute Gasteiger partial charge is 0.397 e. The predicted molar refractivity (Wildman–Crippen MR) is 46.7 cm³/mol. The SMILES string of the molecule is COS(=O)(=O)O.NC(CO)(CO)CO. The first-order valence-corrected chi connectivity index (χ1v) is 4.75. The van der Waals surface area contributed by atoms with Crippen LogP contribution in [-0.2, 0) is 14.6 Å². The van der Waals surface area contributed by atoms with Gasteiger partial charge in [0.1, 0.15) is 0 Å². The van der Waals surface area contributed by atoms with Gasteiger partial charge in [0.25, 0.3) is 0 Å². The van der Waals surface area contributed by atoms with E-state index in [-0.39, 0.29) is 0 Å². The average molecular weight is 233 g/mol. The van der Waals surface area contributed by atoms with Gasteiger partial charge in [0.2, 0.25) is 0 Å². The molecule has 14 heavy (non-hydrogen) atoms. The van der Waals surface area contributed by atoms with Crippen LogP contribution in [0.25, 0.3) is 0 Å². The molecular weight excluding hydrogens is 218 g/mol. The Balaban J connectivity index is 0. The summed E-state index contributed by atoms with van der Waals surface area (Å²) >= 11 is 0. The molecule has 0 aliphatic heterocycles. The molecule has 9 heteroatoms. The Morgan fingerprint density at radius 1 is 1.21 bits per heavy atom. The molecule has 0 saturated carbocycles. The Bertz CT molecular complexity index is 214. The van der Waals surface area contributed by atoms with E-state index in [0.717, 1.165) is 7.11 Å². The molecule has 0 aliphatic rings. The number of nitrogens with two attached hydrogens (primary N) is 1. The van der Waals surface area contributed by atoms with Crippen LogP contribution >= 0.6 is 0 Å². The van der Waals surface area contributed by atoms with Crippen molar-refractivity contribution in [3.05, 3.63) is 0 Å². The molecule has 0 unspecified atom stereocenters. The molecule has 0 aromatic heterocycles. The smallest absolute Gasteiger partial charge is 0.394 e. The summed E-state index contributed by atoms with van der Waals surface area (Å²) in [7, 11) is -3.29. The van der Waals surface area contributed by atoms with Gasteiger partial charge in [0.05, 0.1) is 32.5 Å². The number of aliphatic hydroxyl groups is 3. The highest BCUT2D eigenvalue weighted by atomic mass is 32.3. The quantitative estimate of drug-likeness (QED) is 0.324. The van der Waals surface area contributed by atoms with Crippen molar-refractivity contribution in [1.29, 1.82) is 0 Å². The fourth-order valence-electron chi connectivity index (χ4n) is 0.150. The first kappa shape index (κ1) is 16.2. The molecule has 0 radical (unpaired) electrons. The van der Waals surface area contributed by atoms with E-state index in [9.17, 15) is 8.42 Å². The van der Waals surface area contributed by atoms with Crippen molar-refractivity contribution in [3.8, 4) is 0 Å². The van der Waals surface area contributed by atoms with E-state index < -0.39 is 35.8 Å². The summed E-state index contributed by atoms with van der Waals surface area (Å²) in [4.78, 5) is 0. The molecular formula is C5H15NO7S. The van der Waals surface area contributed by atoms with Crippen LogP contribution in [0.1, 0.15) is 0 Å². The first-order valence-electron chi connectivity index (χ1n) is 3.39. The zero-order valence-electron chi connectivity index (χ0n) is 7.62. The highest BCUT2D eigenvalue weighted by molar-refractivity contribution is 7.80. The second-order valence-corrected chi connectivity index (χ2v) is 3.62. The third-order valence-corrected chi connectivity index (χ3v) is 1.58. The van der Waals surface area contributed by atoms with Crippen LogP contribution in [0.3, 0.4) is 0 Å². The minimum Gasteiger partial charge on any atom is -0.394 e. The van der Waals surface area contributed by atoms with Gasteiger partial charge in [-0.3, -0.25) is 8.74 Å². The summed E-state index contributed by atoms with van der Waals surface area (Å²) in [6, 6.07) is 0. The van der Waals surface area contributed by atoms with Gasteiger partial charge < -0.3 is 21.1 Å². The summed E-state index contributed by atoms with van der Waals surface area (Å²) in [5.74, 6) is 0. The lowest BCUT2D eigenvalue weighted by Crippen LogP contribution is -2.50. The van der Waals surface area contributed by atoms with Gasteiger partial charge in [0, 0.05) is 0 Å². The van der Waals surface area contributed by atoms with E-state index in [1.54, 1.807) is 0 Å². The summed E-state index contributed by atoms with van der Waals surface area (Å²) in [5, 5.41) is 25.0. The van der Waals surface area contributed by atoms with E-state index in [0.29, 0.717) is 0 Å². The Morgan fingerprint density at radius 2 is 1.43 bits per heavy atom. The van der Waals surface area contributed by atoms with E-state index in [2.05, 4.69) is 4.18 Å². The molecule has 0 amide bonds. The van der Waals surface area contributed by atoms with Crippen LogP contribution in [0.2, 0.25) is 0 Å². The Labute approximate surface area is 81.9 Å². The van der Waals surface area contributed by atoms with E-state index in [1.165, 1.54) is 0 Å². The number of hydrogen-bond acceptors (Lipinski definition) is 7. The van der Waals surface area contributed by atoms with Crippen molar-refractivity contribution in [2.75, 3.05) is 26.9 Å². The van der Waals surface area contributed by atoms with Gasteiger partial charge in [-0.1, -0.05) is 0 Å². The molecule has 0 aromatic carbocycles. The molecule has 88 valence electrons. The van der Waals surface area contributed by atoms with Crippen molar-refractivity contribution in [1.82, 2.24) is 0 Å². The van der Waals surface area contributed by atoms with Gasteiger partial charge in [0.15, 0.2) is 0 Å². The fraction of sp³-hybridized carbons (Fsp3) is 1.00. The zero-order chi connectivity index (χ0) is 11.8. The molecule has 0 spiro atoms. The Kier molecular flexibility index (Phi) is 8.15. The van der Waals surface area contributed by atoms with Crippen LogP contribution in [0, 0.1) is 0 Å². The Morgan fingerprint density at radius 3 is 1.43 bits per heavy atom. The van der Waals surface area contributed by atoms with Crippen molar-refractivity contribution in [2.45, 2.75) is 5.54 Å². The maximum absolute atomic E-state index is 9.33. The molecule has 0 rings (SSSR count).